The minimum Gasteiger partial charge on any atom is -0.394 e. The molecule has 21 heavy (non-hydrogen) atoms. The number of aliphatic hydroxyl groups is 1. The van der Waals surface area contributed by atoms with Crippen molar-refractivity contribution in [2.75, 3.05) is 26.7 Å². The van der Waals surface area contributed by atoms with E-state index in [-0.39, 0.29) is 12.1 Å². The predicted octanol–water partition coefficient (Wildman–Crippen LogP) is 3.42. The van der Waals surface area contributed by atoms with Crippen molar-refractivity contribution >= 4 is 0 Å². The first-order valence-electron chi connectivity index (χ1n) is 9.16. The number of nitrogens with zero attached hydrogens (tertiary/aromatic N) is 1. The van der Waals surface area contributed by atoms with E-state index in [2.05, 4.69) is 38.0 Å². The highest BCUT2D eigenvalue weighted by molar-refractivity contribution is 4.86. The van der Waals surface area contributed by atoms with Gasteiger partial charge in [-0.3, -0.25) is 0 Å². The molecular formula is C18H38N2O. The summed E-state index contributed by atoms with van der Waals surface area (Å²) < 4.78 is 0. The van der Waals surface area contributed by atoms with Crippen molar-refractivity contribution < 1.29 is 5.11 Å². The second kappa shape index (κ2) is 9.81. The summed E-state index contributed by atoms with van der Waals surface area (Å²) in [5.41, 5.74) is -0.0601. The fourth-order valence-corrected chi connectivity index (χ4v) is 3.86. The van der Waals surface area contributed by atoms with Crippen LogP contribution in [-0.4, -0.2) is 48.3 Å². The van der Waals surface area contributed by atoms with Crippen molar-refractivity contribution in [1.29, 1.82) is 0 Å². The highest BCUT2D eigenvalue weighted by Crippen LogP contribution is 2.29. The number of hydrogen-bond acceptors (Lipinski definition) is 3. The molecule has 0 aromatic rings. The largest absolute Gasteiger partial charge is 0.394 e. The predicted molar refractivity (Wildman–Crippen MR) is 91.7 cm³/mol. The van der Waals surface area contributed by atoms with Gasteiger partial charge < -0.3 is 15.3 Å². The van der Waals surface area contributed by atoms with Gasteiger partial charge in [-0.05, 0) is 71.0 Å². The van der Waals surface area contributed by atoms with E-state index in [1.54, 1.807) is 0 Å². The third-order valence-electron chi connectivity index (χ3n) is 5.71. The summed E-state index contributed by atoms with van der Waals surface area (Å²) in [6.45, 7) is 8.98. The minimum atomic E-state index is -0.0601. The van der Waals surface area contributed by atoms with E-state index in [9.17, 15) is 5.11 Å². The zero-order chi connectivity index (χ0) is 15.7. The van der Waals surface area contributed by atoms with Gasteiger partial charge in [0, 0.05) is 11.6 Å². The first-order valence-corrected chi connectivity index (χ1v) is 9.16. The molecule has 1 aliphatic carbocycles. The van der Waals surface area contributed by atoms with Crippen LogP contribution in [0.5, 0.6) is 0 Å². The van der Waals surface area contributed by atoms with Gasteiger partial charge in [0.1, 0.15) is 0 Å². The van der Waals surface area contributed by atoms with E-state index in [1.807, 2.05) is 0 Å². The zero-order valence-electron chi connectivity index (χ0n) is 14.8. The Kier molecular flexibility index (Phi) is 8.84. The topological polar surface area (TPSA) is 35.5 Å². The molecule has 0 saturated heterocycles. The van der Waals surface area contributed by atoms with Gasteiger partial charge in [0.2, 0.25) is 0 Å². The van der Waals surface area contributed by atoms with Gasteiger partial charge in [-0.25, -0.2) is 0 Å². The first-order chi connectivity index (χ1) is 10.1. The molecule has 0 aromatic heterocycles. The molecule has 1 unspecified atom stereocenters. The van der Waals surface area contributed by atoms with E-state index in [0.29, 0.717) is 0 Å². The summed E-state index contributed by atoms with van der Waals surface area (Å²) >= 11 is 0. The van der Waals surface area contributed by atoms with E-state index < -0.39 is 0 Å². The Hall–Kier alpha value is -0.120. The Labute approximate surface area is 132 Å². The fourth-order valence-electron chi connectivity index (χ4n) is 3.86. The Morgan fingerprint density at radius 2 is 1.81 bits per heavy atom. The van der Waals surface area contributed by atoms with Crippen molar-refractivity contribution in [3.05, 3.63) is 0 Å². The second-order valence-corrected chi connectivity index (χ2v) is 6.99. The van der Waals surface area contributed by atoms with Gasteiger partial charge in [0.05, 0.1) is 6.61 Å². The van der Waals surface area contributed by atoms with E-state index in [1.165, 1.54) is 38.5 Å². The molecular weight excluding hydrogens is 260 g/mol. The molecule has 1 rings (SSSR count). The first kappa shape index (κ1) is 18.9. The smallest absolute Gasteiger partial charge is 0.0613 e. The number of hydrogen-bond donors (Lipinski definition) is 2. The van der Waals surface area contributed by atoms with Crippen LogP contribution in [0.2, 0.25) is 0 Å². The lowest BCUT2D eigenvalue weighted by Gasteiger charge is -2.36. The summed E-state index contributed by atoms with van der Waals surface area (Å²) in [4.78, 5) is 2.57. The molecule has 0 radical (unpaired) electrons. The molecule has 0 bridgehead atoms. The summed E-state index contributed by atoms with van der Waals surface area (Å²) in [5, 5.41) is 13.2. The normalized spacial score (nSPS) is 26.0. The van der Waals surface area contributed by atoms with Gasteiger partial charge >= 0.3 is 0 Å². The Bertz CT molecular complexity index is 258. The molecule has 1 aliphatic rings. The van der Waals surface area contributed by atoms with Crippen molar-refractivity contribution in [3.63, 3.8) is 0 Å². The third-order valence-corrected chi connectivity index (χ3v) is 5.71. The lowest BCUT2D eigenvalue weighted by molar-refractivity contribution is 0.128. The third kappa shape index (κ3) is 5.88. The highest BCUT2D eigenvalue weighted by Gasteiger charge is 2.27. The summed E-state index contributed by atoms with van der Waals surface area (Å²) in [6, 6.07) is 0.789. The summed E-state index contributed by atoms with van der Waals surface area (Å²) in [5.74, 6) is 0.977. The van der Waals surface area contributed by atoms with Crippen LogP contribution in [0.3, 0.4) is 0 Å². The SMILES string of the molecule is CCNC(CC)(CO)CCCN(C)C1CCC(CC)CC1. The van der Waals surface area contributed by atoms with Crippen LogP contribution in [0.15, 0.2) is 0 Å². The molecule has 0 spiro atoms. The summed E-state index contributed by atoms with van der Waals surface area (Å²) in [7, 11) is 2.29. The molecule has 1 fully saturated rings. The van der Waals surface area contributed by atoms with Gasteiger partial charge in [-0.2, -0.15) is 0 Å². The van der Waals surface area contributed by atoms with Crippen LogP contribution in [0.1, 0.15) is 72.1 Å². The Morgan fingerprint density at radius 3 is 2.29 bits per heavy atom. The van der Waals surface area contributed by atoms with Crippen molar-refractivity contribution in [2.24, 2.45) is 5.92 Å². The molecule has 0 heterocycles. The average molecular weight is 299 g/mol. The monoisotopic (exact) mass is 298 g/mol. The van der Waals surface area contributed by atoms with Gasteiger partial charge in [-0.15, -0.1) is 0 Å². The molecule has 1 atom stereocenters. The Morgan fingerprint density at radius 1 is 1.14 bits per heavy atom. The molecule has 3 nitrogen and oxygen atoms in total. The maximum absolute atomic E-state index is 9.70. The maximum atomic E-state index is 9.70. The summed E-state index contributed by atoms with van der Waals surface area (Å²) in [6.07, 6.45) is 10.2. The lowest BCUT2D eigenvalue weighted by atomic mass is 9.84. The van der Waals surface area contributed by atoms with Crippen LogP contribution in [0, 0.1) is 5.92 Å². The van der Waals surface area contributed by atoms with Crippen molar-refractivity contribution in [3.8, 4) is 0 Å². The number of aliphatic hydroxyl groups excluding tert-OH is 1. The fraction of sp³-hybridized carbons (Fsp3) is 1.00. The van der Waals surface area contributed by atoms with E-state index in [4.69, 9.17) is 0 Å². The van der Waals surface area contributed by atoms with Crippen LogP contribution >= 0.6 is 0 Å². The molecule has 0 amide bonds. The molecule has 0 aromatic carbocycles. The number of rotatable bonds is 10. The molecule has 1 saturated carbocycles. The molecule has 3 heteroatoms. The highest BCUT2D eigenvalue weighted by atomic mass is 16.3. The zero-order valence-corrected chi connectivity index (χ0v) is 14.8. The quantitative estimate of drug-likeness (QED) is 0.649. The molecule has 2 N–H and O–H groups in total. The van der Waals surface area contributed by atoms with Crippen LogP contribution in [-0.2, 0) is 0 Å². The van der Waals surface area contributed by atoms with E-state index >= 15 is 0 Å². The van der Waals surface area contributed by atoms with Crippen LogP contribution in [0.25, 0.3) is 0 Å². The van der Waals surface area contributed by atoms with E-state index in [0.717, 1.165) is 37.9 Å². The Balaban J connectivity index is 2.30. The van der Waals surface area contributed by atoms with Crippen LogP contribution < -0.4 is 5.32 Å². The maximum Gasteiger partial charge on any atom is 0.0613 e. The second-order valence-electron chi connectivity index (χ2n) is 6.99. The van der Waals surface area contributed by atoms with Crippen molar-refractivity contribution in [2.45, 2.75) is 83.7 Å². The number of likely N-dealkylation sites (N-methyl/N-ethyl adjacent to an activating group) is 1. The molecule has 126 valence electrons. The van der Waals surface area contributed by atoms with Crippen LogP contribution in [0.4, 0.5) is 0 Å². The van der Waals surface area contributed by atoms with Crippen molar-refractivity contribution in [1.82, 2.24) is 10.2 Å². The standard InChI is InChI=1S/C18H38N2O/c1-5-16-9-11-17(12-10-16)20(4)14-8-13-18(6-2,15-21)19-7-3/h16-17,19,21H,5-15H2,1-4H3. The molecule has 0 aliphatic heterocycles. The van der Waals surface area contributed by atoms with Gasteiger partial charge in [0.25, 0.3) is 0 Å². The lowest BCUT2D eigenvalue weighted by Crippen LogP contribution is -2.48. The van der Waals surface area contributed by atoms with Gasteiger partial charge in [-0.1, -0.05) is 27.2 Å². The minimum absolute atomic E-state index is 0.0601. The average Bonchev–Trinajstić information content (AvgIpc) is 2.54. The van der Waals surface area contributed by atoms with Gasteiger partial charge in [0.15, 0.2) is 0 Å². The number of nitrogens with one attached hydrogen (secondary N) is 1.